The van der Waals surface area contributed by atoms with Crippen LogP contribution in [0.15, 0.2) is 30.5 Å². The lowest BCUT2D eigenvalue weighted by molar-refractivity contribution is 0.227. The van der Waals surface area contributed by atoms with Crippen molar-refractivity contribution < 1.29 is 5.11 Å². The molecule has 1 aliphatic rings. The topological polar surface area (TPSA) is 48.4 Å². The largest absolute Gasteiger partial charge is 0.395 e. The summed E-state index contributed by atoms with van der Waals surface area (Å²) in [6.45, 7) is 2.47. The van der Waals surface area contributed by atoms with Gasteiger partial charge in [0.15, 0.2) is 0 Å². The minimum absolute atomic E-state index is 0.185. The number of likely N-dealkylation sites (N-methyl/N-ethyl adjacent to an activating group) is 1. The molecular formula is C19H21ClN3O. The molecule has 3 rings (SSSR count). The van der Waals surface area contributed by atoms with Crippen LogP contribution in [-0.2, 0) is 0 Å². The van der Waals surface area contributed by atoms with Crippen molar-refractivity contribution in [2.75, 3.05) is 38.6 Å². The number of aliphatic hydroxyl groups is 1. The van der Waals surface area contributed by atoms with Gasteiger partial charge in [0, 0.05) is 47.8 Å². The summed E-state index contributed by atoms with van der Waals surface area (Å²) in [5, 5.41) is 14.2. The second kappa shape index (κ2) is 8.15. The molecule has 5 heteroatoms. The number of benzene rings is 1. The van der Waals surface area contributed by atoms with Crippen LogP contribution in [-0.4, -0.2) is 48.3 Å². The molecule has 0 saturated heterocycles. The van der Waals surface area contributed by atoms with Crippen LogP contribution in [0.25, 0.3) is 10.9 Å². The number of pyridine rings is 1. The number of halogens is 1. The van der Waals surface area contributed by atoms with E-state index in [1.165, 1.54) is 11.8 Å². The van der Waals surface area contributed by atoms with Crippen molar-refractivity contribution in [1.82, 2.24) is 9.88 Å². The van der Waals surface area contributed by atoms with Crippen molar-refractivity contribution in [2.24, 2.45) is 0 Å². The first kappa shape index (κ1) is 17.5. The van der Waals surface area contributed by atoms with Crippen LogP contribution < -0.4 is 5.32 Å². The molecule has 1 aliphatic carbocycles. The average Bonchev–Trinajstić information content (AvgIpc) is 3.00. The number of aliphatic hydroxyl groups excluding tert-OH is 1. The summed E-state index contributed by atoms with van der Waals surface area (Å²) in [4.78, 5) is 6.47. The molecule has 0 atom stereocenters. The van der Waals surface area contributed by atoms with Gasteiger partial charge in [-0.15, -0.1) is 0 Å². The molecular weight excluding hydrogens is 322 g/mol. The van der Waals surface area contributed by atoms with Crippen LogP contribution in [0.2, 0.25) is 5.02 Å². The van der Waals surface area contributed by atoms with E-state index in [4.69, 9.17) is 16.7 Å². The molecule has 0 amide bonds. The van der Waals surface area contributed by atoms with E-state index in [0.29, 0.717) is 11.6 Å². The Balaban J connectivity index is 1.55. The fourth-order valence-electron chi connectivity index (χ4n) is 2.79. The number of hydrogen-bond donors (Lipinski definition) is 2. The number of aromatic nitrogens is 1. The van der Waals surface area contributed by atoms with Gasteiger partial charge in [0.1, 0.15) is 0 Å². The zero-order chi connectivity index (χ0) is 16.9. The van der Waals surface area contributed by atoms with Crippen molar-refractivity contribution in [3.8, 4) is 0 Å². The molecule has 0 unspecified atom stereocenters. The molecule has 24 heavy (non-hydrogen) atoms. The zero-order valence-electron chi connectivity index (χ0n) is 13.7. The maximum atomic E-state index is 8.97. The third kappa shape index (κ3) is 4.38. The van der Waals surface area contributed by atoms with Crippen LogP contribution in [0.5, 0.6) is 0 Å². The molecule has 1 saturated carbocycles. The van der Waals surface area contributed by atoms with Gasteiger partial charge in [0.25, 0.3) is 0 Å². The smallest absolute Gasteiger partial charge is 0.0737 e. The van der Waals surface area contributed by atoms with Crippen LogP contribution in [0.1, 0.15) is 0 Å². The lowest BCUT2D eigenvalue weighted by Crippen LogP contribution is -2.27. The molecule has 125 valence electrons. The van der Waals surface area contributed by atoms with E-state index < -0.39 is 0 Å². The summed E-state index contributed by atoms with van der Waals surface area (Å²) in [5.41, 5.74) is 1.94. The average molecular weight is 343 g/mol. The van der Waals surface area contributed by atoms with E-state index in [0.717, 1.165) is 29.7 Å². The molecule has 1 aromatic carbocycles. The normalized spacial score (nSPS) is 16.3. The summed E-state index contributed by atoms with van der Waals surface area (Å²) in [5.74, 6) is 2.50. The highest BCUT2D eigenvalue weighted by Gasteiger charge is 2.27. The van der Waals surface area contributed by atoms with Crippen molar-refractivity contribution in [3.05, 3.63) is 66.6 Å². The van der Waals surface area contributed by atoms with Crippen molar-refractivity contribution in [2.45, 2.75) is 0 Å². The summed E-state index contributed by atoms with van der Waals surface area (Å²) in [7, 11) is 2.01. The Morgan fingerprint density at radius 1 is 1.21 bits per heavy atom. The summed E-state index contributed by atoms with van der Waals surface area (Å²) in [6.07, 6.45) is 8.26. The Bertz CT molecular complexity index is 679. The van der Waals surface area contributed by atoms with E-state index in [9.17, 15) is 0 Å². The van der Waals surface area contributed by atoms with Crippen LogP contribution in [0, 0.1) is 31.1 Å². The Hall–Kier alpha value is -1.36. The third-order valence-corrected chi connectivity index (χ3v) is 4.24. The fourth-order valence-corrected chi connectivity index (χ4v) is 2.96. The summed E-state index contributed by atoms with van der Waals surface area (Å²) < 4.78 is 0. The molecule has 0 aliphatic heterocycles. The van der Waals surface area contributed by atoms with E-state index in [-0.39, 0.29) is 6.61 Å². The molecule has 4 nitrogen and oxygen atoms in total. The van der Waals surface area contributed by atoms with E-state index >= 15 is 0 Å². The predicted octanol–water partition coefficient (Wildman–Crippen LogP) is 3.00. The van der Waals surface area contributed by atoms with Crippen LogP contribution in [0.3, 0.4) is 0 Å². The Morgan fingerprint density at radius 2 is 2.04 bits per heavy atom. The van der Waals surface area contributed by atoms with Crippen LogP contribution in [0.4, 0.5) is 5.69 Å². The number of rotatable bonds is 7. The van der Waals surface area contributed by atoms with Crippen molar-refractivity contribution in [1.29, 1.82) is 0 Å². The molecule has 1 fully saturated rings. The monoisotopic (exact) mass is 342 g/mol. The van der Waals surface area contributed by atoms with Crippen molar-refractivity contribution >= 4 is 28.2 Å². The first-order valence-electron chi connectivity index (χ1n) is 7.98. The van der Waals surface area contributed by atoms with E-state index in [1.54, 1.807) is 6.20 Å². The number of nitrogens with one attached hydrogen (secondary N) is 1. The first-order chi connectivity index (χ1) is 11.7. The highest BCUT2D eigenvalue weighted by Crippen LogP contribution is 2.32. The third-order valence-electron chi connectivity index (χ3n) is 4.00. The second-order valence-corrected chi connectivity index (χ2v) is 6.40. The quantitative estimate of drug-likeness (QED) is 0.812. The second-order valence-electron chi connectivity index (χ2n) is 5.96. The minimum Gasteiger partial charge on any atom is -0.395 e. The number of hydrogen-bond acceptors (Lipinski definition) is 4. The predicted molar refractivity (Wildman–Crippen MR) is 99.2 cm³/mol. The van der Waals surface area contributed by atoms with E-state index in [2.05, 4.69) is 34.5 Å². The van der Waals surface area contributed by atoms with E-state index in [1.807, 2.05) is 31.3 Å². The number of nitrogens with zero attached hydrogens (tertiary/aromatic N) is 2. The molecule has 0 spiro atoms. The SMILES string of the molecule is CN(CCO)C[C]1[CH][CH][C](CNc2ccnc3cc(Cl)ccc23)[CH]1. The van der Waals surface area contributed by atoms with Crippen LogP contribution >= 0.6 is 11.6 Å². The molecule has 2 aromatic rings. The van der Waals surface area contributed by atoms with Gasteiger partial charge < -0.3 is 15.3 Å². The lowest BCUT2D eigenvalue weighted by Gasteiger charge is -2.19. The van der Waals surface area contributed by atoms with Gasteiger partial charge in [-0.25, -0.2) is 0 Å². The van der Waals surface area contributed by atoms with Gasteiger partial charge >= 0.3 is 0 Å². The van der Waals surface area contributed by atoms with Gasteiger partial charge in [-0.1, -0.05) is 11.6 Å². The summed E-state index contributed by atoms with van der Waals surface area (Å²) in [6, 6.07) is 7.73. The molecule has 5 radical (unpaired) electrons. The fraction of sp³-hybridized carbons (Fsp3) is 0.263. The van der Waals surface area contributed by atoms with Gasteiger partial charge in [-0.05, 0) is 56.5 Å². The number of anilines is 1. The molecule has 1 aromatic heterocycles. The highest BCUT2D eigenvalue weighted by molar-refractivity contribution is 6.31. The number of fused-ring (bicyclic) bond motifs is 1. The Labute approximate surface area is 148 Å². The van der Waals surface area contributed by atoms with Crippen molar-refractivity contribution in [3.63, 3.8) is 0 Å². The standard InChI is InChI=1S/C19H21ClN3O/c1-23(8-9-24)13-15-3-2-14(10-15)12-22-18-6-7-21-19-11-16(20)4-5-17(18)19/h2-7,10-11,24H,8-9,12-13H2,1H3,(H,21,22). The minimum atomic E-state index is 0.185. The molecule has 1 heterocycles. The Morgan fingerprint density at radius 3 is 2.88 bits per heavy atom. The van der Waals surface area contributed by atoms with Gasteiger partial charge in [-0.3, -0.25) is 4.98 Å². The Kier molecular flexibility index (Phi) is 5.93. The lowest BCUT2D eigenvalue weighted by atomic mass is 10.0. The van der Waals surface area contributed by atoms with Gasteiger partial charge in [0.05, 0.1) is 12.1 Å². The highest BCUT2D eigenvalue weighted by atomic mass is 35.5. The summed E-state index contributed by atoms with van der Waals surface area (Å²) >= 11 is 6.03. The zero-order valence-corrected chi connectivity index (χ0v) is 14.4. The maximum absolute atomic E-state index is 8.97. The molecule has 2 N–H and O–H groups in total. The molecule has 0 bridgehead atoms. The first-order valence-corrected chi connectivity index (χ1v) is 8.35. The maximum Gasteiger partial charge on any atom is 0.0737 e. The van der Waals surface area contributed by atoms with Gasteiger partial charge in [0.2, 0.25) is 0 Å². The van der Waals surface area contributed by atoms with Gasteiger partial charge in [-0.2, -0.15) is 0 Å².